The van der Waals surface area contributed by atoms with E-state index >= 15 is 0 Å². The van der Waals surface area contributed by atoms with Gasteiger partial charge in [0.2, 0.25) is 5.91 Å². The zero-order chi connectivity index (χ0) is 16.2. The molecule has 2 fully saturated rings. The minimum Gasteiger partial charge on any atom is -0.375 e. The van der Waals surface area contributed by atoms with Crippen molar-refractivity contribution in [2.24, 2.45) is 5.92 Å². The summed E-state index contributed by atoms with van der Waals surface area (Å²) in [7, 11) is 3.64. The Morgan fingerprint density at radius 2 is 2.22 bits per heavy atom. The van der Waals surface area contributed by atoms with Gasteiger partial charge in [0, 0.05) is 51.1 Å². The number of likely N-dealkylation sites (N-methyl/N-ethyl adjacent to an activating group) is 1. The van der Waals surface area contributed by atoms with E-state index in [1.807, 2.05) is 25.4 Å². The first-order chi connectivity index (χ1) is 11.1. The van der Waals surface area contributed by atoms with E-state index in [-0.39, 0.29) is 5.91 Å². The maximum absolute atomic E-state index is 11.9. The van der Waals surface area contributed by atoms with Gasteiger partial charge in [-0.05, 0) is 24.4 Å². The average Bonchev–Trinajstić information content (AvgIpc) is 2.94. The van der Waals surface area contributed by atoms with Crippen LogP contribution in [0.3, 0.4) is 0 Å². The van der Waals surface area contributed by atoms with Crippen molar-refractivity contribution in [1.29, 1.82) is 0 Å². The van der Waals surface area contributed by atoms with E-state index in [4.69, 9.17) is 4.74 Å². The summed E-state index contributed by atoms with van der Waals surface area (Å²) in [6.07, 6.45) is 1.46. The van der Waals surface area contributed by atoms with Gasteiger partial charge in [-0.2, -0.15) is 0 Å². The molecule has 2 saturated heterocycles. The fourth-order valence-electron chi connectivity index (χ4n) is 3.43. The van der Waals surface area contributed by atoms with Crippen molar-refractivity contribution < 1.29 is 9.53 Å². The maximum atomic E-state index is 11.9. The molecular weight excluding hydrogens is 310 g/mol. The highest BCUT2D eigenvalue weighted by atomic mass is 32.1. The second-order valence-electron chi connectivity index (χ2n) is 6.80. The highest BCUT2D eigenvalue weighted by molar-refractivity contribution is 7.09. The number of carbonyl (C=O) groups excluding carboxylic acids is 1. The van der Waals surface area contributed by atoms with Gasteiger partial charge in [-0.25, -0.2) is 0 Å². The smallest absolute Gasteiger partial charge is 0.236 e. The number of amides is 1. The van der Waals surface area contributed by atoms with Crippen LogP contribution < -0.4 is 0 Å². The lowest BCUT2D eigenvalue weighted by molar-refractivity contribution is -0.130. The molecule has 0 saturated carbocycles. The minimum absolute atomic E-state index is 0.179. The van der Waals surface area contributed by atoms with E-state index in [1.165, 1.54) is 4.88 Å². The van der Waals surface area contributed by atoms with Crippen molar-refractivity contribution in [3.8, 4) is 0 Å². The van der Waals surface area contributed by atoms with Crippen molar-refractivity contribution in [2.75, 3.05) is 53.4 Å². The van der Waals surface area contributed by atoms with Crippen LogP contribution in [0.2, 0.25) is 0 Å². The molecule has 1 aromatic rings. The summed E-state index contributed by atoms with van der Waals surface area (Å²) in [5.41, 5.74) is 0. The molecule has 2 atom stereocenters. The Balaban J connectivity index is 1.53. The topological polar surface area (TPSA) is 36.0 Å². The molecule has 0 spiro atoms. The van der Waals surface area contributed by atoms with Crippen LogP contribution in [-0.4, -0.2) is 80.1 Å². The van der Waals surface area contributed by atoms with Crippen molar-refractivity contribution in [3.05, 3.63) is 22.4 Å². The summed E-state index contributed by atoms with van der Waals surface area (Å²) in [4.78, 5) is 19.8. The van der Waals surface area contributed by atoms with Crippen LogP contribution in [0.5, 0.6) is 0 Å². The molecule has 23 heavy (non-hydrogen) atoms. The number of carbonyl (C=O) groups is 1. The van der Waals surface area contributed by atoms with Crippen molar-refractivity contribution in [3.63, 3.8) is 0 Å². The first-order valence-electron chi connectivity index (χ1n) is 8.40. The monoisotopic (exact) mass is 337 g/mol. The van der Waals surface area contributed by atoms with Gasteiger partial charge in [-0.3, -0.25) is 14.6 Å². The predicted octanol–water partition coefficient (Wildman–Crippen LogP) is 1.36. The predicted molar refractivity (Wildman–Crippen MR) is 92.6 cm³/mol. The summed E-state index contributed by atoms with van der Waals surface area (Å²) in [5, 5.41) is 2.14. The quantitative estimate of drug-likeness (QED) is 0.831. The zero-order valence-corrected chi connectivity index (χ0v) is 14.9. The minimum atomic E-state index is 0.179. The van der Waals surface area contributed by atoms with Gasteiger partial charge < -0.3 is 9.64 Å². The summed E-state index contributed by atoms with van der Waals surface area (Å²) in [6.45, 7) is 6.25. The van der Waals surface area contributed by atoms with Gasteiger partial charge in [0.05, 0.1) is 19.3 Å². The SMILES string of the molecule is CN(C)C(=O)CN1CCO[C@@H]2CN(Cc3cccs3)CC[C@@H]2C1. The van der Waals surface area contributed by atoms with Crippen molar-refractivity contribution in [2.45, 2.75) is 19.1 Å². The molecule has 3 rings (SSSR count). The Morgan fingerprint density at radius 1 is 1.35 bits per heavy atom. The second-order valence-corrected chi connectivity index (χ2v) is 7.83. The molecule has 1 amide bonds. The Kier molecular flexibility index (Phi) is 5.69. The third-order valence-corrected chi connectivity index (χ3v) is 5.69. The fourth-order valence-corrected chi connectivity index (χ4v) is 4.17. The van der Waals surface area contributed by atoms with Crippen LogP contribution >= 0.6 is 11.3 Å². The number of hydrogen-bond donors (Lipinski definition) is 0. The molecule has 0 radical (unpaired) electrons. The van der Waals surface area contributed by atoms with E-state index in [1.54, 1.807) is 4.90 Å². The molecule has 0 unspecified atom stereocenters. The highest BCUT2D eigenvalue weighted by Crippen LogP contribution is 2.25. The molecule has 0 aromatic carbocycles. The van der Waals surface area contributed by atoms with Gasteiger partial charge in [-0.15, -0.1) is 11.3 Å². The number of piperidine rings is 1. The highest BCUT2D eigenvalue weighted by Gasteiger charge is 2.33. The largest absolute Gasteiger partial charge is 0.375 e. The summed E-state index contributed by atoms with van der Waals surface area (Å²) < 4.78 is 6.12. The van der Waals surface area contributed by atoms with Gasteiger partial charge in [0.25, 0.3) is 0 Å². The normalized spacial score (nSPS) is 26.5. The number of rotatable bonds is 4. The second kappa shape index (κ2) is 7.75. The number of hydrogen-bond acceptors (Lipinski definition) is 5. The van der Waals surface area contributed by atoms with Crippen LogP contribution in [-0.2, 0) is 16.1 Å². The Morgan fingerprint density at radius 3 is 2.96 bits per heavy atom. The summed E-state index contributed by atoms with van der Waals surface area (Å²) in [6, 6.07) is 4.33. The number of fused-ring (bicyclic) bond motifs is 1. The molecule has 2 aliphatic heterocycles. The van der Waals surface area contributed by atoms with E-state index < -0.39 is 0 Å². The maximum Gasteiger partial charge on any atom is 0.236 e. The van der Waals surface area contributed by atoms with Crippen LogP contribution in [0.4, 0.5) is 0 Å². The lowest BCUT2D eigenvalue weighted by Crippen LogP contribution is -2.47. The van der Waals surface area contributed by atoms with Gasteiger partial charge >= 0.3 is 0 Å². The van der Waals surface area contributed by atoms with E-state index in [0.717, 1.165) is 45.8 Å². The molecule has 0 aliphatic carbocycles. The van der Waals surface area contributed by atoms with E-state index in [9.17, 15) is 4.79 Å². The molecule has 5 nitrogen and oxygen atoms in total. The Hall–Kier alpha value is -0.950. The number of ether oxygens (including phenoxy) is 1. The van der Waals surface area contributed by atoms with Gasteiger partial charge in [0.15, 0.2) is 0 Å². The molecule has 6 heteroatoms. The third-order valence-electron chi connectivity index (χ3n) is 4.83. The Bertz CT molecular complexity index is 506. The van der Waals surface area contributed by atoms with Crippen molar-refractivity contribution in [1.82, 2.24) is 14.7 Å². The molecular formula is C17H27N3O2S. The standard InChI is InChI=1S/C17H27N3O2S/c1-18(2)17(21)13-20-7-8-22-16-12-19(6-5-14(16)10-20)11-15-4-3-9-23-15/h3-4,9,14,16H,5-8,10-13H2,1-2H3/t14-,16-/m1/s1. The summed E-state index contributed by atoms with van der Waals surface area (Å²) in [5.74, 6) is 0.727. The van der Waals surface area contributed by atoms with E-state index in [0.29, 0.717) is 18.6 Å². The molecule has 0 bridgehead atoms. The first-order valence-corrected chi connectivity index (χ1v) is 9.28. The molecule has 2 aliphatic rings. The number of nitrogens with zero attached hydrogens (tertiary/aromatic N) is 3. The van der Waals surface area contributed by atoms with Crippen LogP contribution in [0.15, 0.2) is 17.5 Å². The fraction of sp³-hybridized carbons (Fsp3) is 0.706. The molecule has 0 N–H and O–H groups in total. The van der Waals surface area contributed by atoms with Crippen LogP contribution in [0.25, 0.3) is 0 Å². The zero-order valence-electron chi connectivity index (χ0n) is 14.1. The van der Waals surface area contributed by atoms with Gasteiger partial charge in [-0.1, -0.05) is 6.07 Å². The third kappa shape index (κ3) is 4.53. The van der Waals surface area contributed by atoms with Crippen LogP contribution in [0, 0.1) is 5.92 Å². The van der Waals surface area contributed by atoms with E-state index in [2.05, 4.69) is 27.3 Å². The first kappa shape index (κ1) is 16.9. The summed E-state index contributed by atoms with van der Waals surface area (Å²) >= 11 is 1.83. The molecule has 3 heterocycles. The van der Waals surface area contributed by atoms with Gasteiger partial charge in [0.1, 0.15) is 0 Å². The number of likely N-dealkylation sites (tertiary alicyclic amines) is 1. The Labute approximate surface area is 142 Å². The lowest BCUT2D eigenvalue weighted by atomic mass is 9.93. The number of thiophene rings is 1. The van der Waals surface area contributed by atoms with Crippen molar-refractivity contribution >= 4 is 17.2 Å². The molecule has 128 valence electrons. The lowest BCUT2D eigenvalue weighted by Gasteiger charge is -2.37. The molecule has 1 aromatic heterocycles. The average molecular weight is 337 g/mol. The van der Waals surface area contributed by atoms with Crippen LogP contribution in [0.1, 0.15) is 11.3 Å².